The van der Waals surface area contributed by atoms with Crippen molar-refractivity contribution in [2.24, 2.45) is 0 Å². The molecule has 0 aliphatic heterocycles. The van der Waals surface area contributed by atoms with Gasteiger partial charge in [-0.25, -0.2) is 8.42 Å². The van der Waals surface area contributed by atoms with Gasteiger partial charge in [-0.1, -0.05) is 44.2 Å². The molecule has 0 saturated carbocycles. The number of hydrogen-bond acceptors (Lipinski definition) is 3. The van der Waals surface area contributed by atoms with Crippen molar-refractivity contribution in [2.75, 3.05) is 18.4 Å². The largest absolute Gasteiger partial charge is 0.325 e. The molecule has 26 heavy (non-hydrogen) atoms. The molecular weight excluding hydrogens is 348 g/mol. The monoisotopic (exact) mass is 374 g/mol. The standard InChI is InChI=1S/C20H26N2O3S/c1-5-22(6-2)26(24,25)18-14-12-17(13-15-18)21-19(23)20(3,4)16-10-8-7-9-11-16/h7-15H,5-6H2,1-4H3,(H,21,23). The first-order chi connectivity index (χ1) is 12.2. The maximum atomic E-state index is 12.7. The molecule has 0 aliphatic carbocycles. The fraction of sp³-hybridized carbons (Fsp3) is 0.350. The van der Waals surface area contributed by atoms with Gasteiger partial charge in [0.15, 0.2) is 0 Å². The third-order valence-corrected chi connectivity index (χ3v) is 6.58. The van der Waals surface area contributed by atoms with Crippen molar-refractivity contribution in [3.05, 3.63) is 60.2 Å². The quantitative estimate of drug-likeness (QED) is 0.805. The van der Waals surface area contributed by atoms with E-state index in [1.54, 1.807) is 26.0 Å². The third-order valence-electron chi connectivity index (χ3n) is 4.52. The van der Waals surface area contributed by atoms with Crippen LogP contribution in [0.25, 0.3) is 0 Å². The van der Waals surface area contributed by atoms with Crippen molar-refractivity contribution in [2.45, 2.75) is 38.0 Å². The minimum Gasteiger partial charge on any atom is -0.325 e. The SMILES string of the molecule is CCN(CC)S(=O)(=O)c1ccc(NC(=O)C(C)(C)c2ccccc2)cc1. The summed E-state index contributed by atoms with van der Waals surface area (Å²) in [4.78, 5) is 12.9. The summed E-state index contributed by atoms with van der Waals surface area (Å²) >= 11 is 0. The number of nitrogens with zero attached hydrogens (tertiary/aromatic N) is 1. The Morgan fingerprint density at radius 2 is 1.50 bits per heavy atom. The Labute approximate surface area is 156 Å². The summed E-state index contributed by atoms with van der Waals surface area (Å²) in [5.41, 5.74) is 0.781. The first-order valence-corrected chi connectivity index (χ1v) is 10.1. The Kier molecular flexibility index (Phi) is 6.21. The fourth-order valence-corrected chi connectivity index (χ4v) is 4.15. The number of anilines is 1. The highest BCUT2D eigenvalue weighted by Crippen LogP contribution is 2.25. The highest BCUT2D eigenvalue weighted by atomic mass is 32.2. The van der Waals surface area contributed by atoms with Crippen molar-refractivity contribution < 1.29 is 13.2 Å². The third kappa shape index (κ3) is 4.14. The molecule has 1 amide bonds. The van der Waals surface area contributed by atoms with Crippen LogP contribution in [-0.4, -0.2) is 31.7 Å². The molecule has 0 spiro atoms. The van der Waals surface area contributed by atoms with Gasteiger partial charge in [-0.3, -0.25) is 4.79 Å². The van der Waals surface area contributed by atoms with Crippen LogP contribution < -0.4 is 5.32 Å². The second-order valence-electron chi connectivity index (χ2n) is 6.56. The highest BCUT2D eigenvalue weighted by molar-refractivity contribution is 7.89. The predicted molar refractivity (Wildman–Crippen MR) is 105 cm³/mol. The second-order valence-corrected chi connectivity index (χ2v) is 8.50. The van der Waals surface area contributed by atoms with E-state index in [0.29, 0.717) is 18.8 Å². The number of carbonyl (C=O) groups is 1. The van der Waals surface area contributed by atoms with Crippen molar-refractivity contribution in [3.63, 3.8) is 0 Å². The van der Waals surface area contributed by atoms with E-state index in [9.17, 15) is 13.2 Å². The first-order valence-electron chi connectivity index (χ1n) is 8.70. The lowest BCUT2D eigenvalue weighted by atomic mass is 9.83. The van der Waals surface area contributed by atoms with Crippen molar-refractivity contribution in [1.29, 1.82) is 0 Å². The van der Waals surface area contributed by atoms with Crippen LogP contribution in [-0.2, 0) is 20.2 Å². The molecule has 0 fully saturated rings. The summed E-state index contributed by atoms with van der Waals surface area (Å²) in [6.07, 6.45) is 0. The van der Waals surface area contributed by atoms with Gasteiger partial charge in [-0.05, 0) is 43.7 Å². The molecule has 0 saturated heterocycles. The number of rotatable bonds is 7. The van der Waals surface area contributed by atoms with Crippen molar-refractivity contribution in [3.8, 4) is 0 Å². The van der Waals surface area contributed by atoms with E-state index in [1.165, 1.54) is 16.4 Å². The molecule has 0 aromatic heterocycles. The summed E-state index contributed by atoms with van der Waals surface area (Å²) in [6.45, 7) is 8.17. The van der Waals surface area contributed by atoms with Crippen molar-refractivity contribution >= 4 is 21.6 Å². The zero-order valence-corrected chi connectivity index (χ0v) is 16.5. The maximum absolute atomic E-state index is 12.7. The Morgan fingerprint density at radius 1 is 0.962 bits per heavy atom. The van der Waals surface area contributed by atoms with E-state index >= 15 is 0 Å². The predicted octanol–water partition coefficient (Wildman–Crippen LogP) is 3.63. The molecule has 0 bridgehead atoms. The number of nitrogens with one attached hydrogen (secondary N) is 1. The average molecular weight is 375 g/mol. The van der Waals surface area contributed by atoms with Crippen LogP contribution in [0.15, 0.2) is 59.5 Å². The minimum atomic E-state index is -3.50. The number of carbonyl (C=O) groups excluding carboxylic acids is 1. The van der Waals surface area contributed by atoms with Gasteiger partial charge in [0.05, 0.1) is 10.3 Å². The number of hydrogen-bond donors (Lipinski definition) is 1. The Balaban J connectivity index is 2.18. The fourth-order valence-electron chi connectivity index (χ4n) is 2.70. The van der Waals surface area contributed by atoms with Crippen LogP contribution in [0.2, 0.25) is 0 Å². The van der Waals surface area contributed by atoms with Gasteiger partial charge in [0, 0.05) is 18.8 Å². The van der Waals surface area contributed by atoms with E-state index in [0.717, 1.165) is 5.56 Å². The molecular formula is C20H26N2O3S. The zero-order valence-electron chi connectivity index (χ0n) is 15.7. The number of amides is 1. The normalized spacial score (nSPS) is 12.2. The number of benzene rings is 2. The molecule has 0 heterocycles. The Morgan fingerprint density at radius 3 is 2.00 bits per heavy atom. The van der Waals surface area contributed by atoms with Crippen LogP contribution in [0.5, 0.6) is 0 Å². The summed E-state index contributed by atoms with van der Waals surface area (Å²) < 4.78 is 26.4. The van der Waals surface area contributed by atoms with Crippen LogP contribution in [0.1, 0.15) is 33.3 Å². The molecule has 6 heteroatoms. The molecule has 2 aromatic carbocycles. The summed E-state index contributed by atoms with van der Waals surface area (Å²) in [5.74, 6) is -0.150. The van der Waals surface area contributed by atoms with E-state index in [2.05, 4.69) is 5.32 Å². The molecule has 0 aliphatic rings. The lowest BCUT2D eigenvalue weighted by Gasteiger charge is -2.24. The van der Waals surface area contributed by atoms with Crippen LogP contribution in [0.3, 0.4) is 0 Å². The molecule has 1 N–H and O–H groups in total. The molecule has 0 radical (unpaired) electrons. The van der Waals surface area contributed by atoms with E-state index in [4.69, 9.17) is 0 Å². The van der Waals surface area contributed by atoms with Gasteiger partial charge in [0.2, 0.25) is 15.9 Å². The van der Waals surface area contributed by atoms with E-state index < -0.39 is 15.4 Å². The summed E-state index contributed by atoms with van der Waals surface area (Å²) in [7, 11) is -3.50. The first kappa shape index (κ1) is 20.1. The molecule has 140 valence electrons. The topological polar surface area (TPSA) is 66.5 Å². The van der Waals surface area contributed by atoms with Gasteiger partial charge in [-0.15, -0.1) is 0 Å². The Bertz CT molecular complexity index is 840. The molecule has 5 nitrogen and oxygen atoms in total. The maximum Gasteiger partial charge on any atom is 0.243 e. The molecule has 2 rings (SSSR count). The van der Waals surface area contributed by atoms with Gasteiger partial charge >= 0.3 is 0 Å². The van der Waals surface area contributed by atoms with Crippen LogP contribution in [0, 0.1) is 0 Å². The Hall–Kier alpha value is -2.18. The smallest absolute Gasteiger partial charge is 0.243 e. The van der Waals surface area contributed by atoms with Crippen molar-refractivity contribution in [1.82, 2.24) is 4.31 Å². The number of sulfonamides is 1. The highest BCUT2D eigenvalue weighted by Gasteiger charge is 2.29. The summed E-state index contributed by atoms with van der Waals surface area (Å²) in [5, 5.41) is 2.87. The average Bonchev–Trinajstić information content (AvgIpc) is 2.63. The molecule has 2 aromatic rings. The van der Waals surface area contributed by atoms with Crippen LogP contribution in [0.4, 0.5) is 5.69 Å². The van der Waals surface area contributed by atoms with Gasteiger partial charge in [0.25, 0.3) is 0 Å². The van der Waals surface area contributed by atoms with Gasteiger partial charge < -0.3 is 5.32 Å². The van der Waals surface area contributed by atoms with Gasteiger partial charge in [-0.2, -0.15) is 4.31 Å². The zero-order chi connectivity index (χ0) is 19.4. The lowest BCUT2D eigenvalue weighted by molar-refractivity contribution is -0.120. The lowest BCUT2D eigenvalue weighted by Crippen LogP contribution is -2.34. The minimum absolute atomic E-state index is 0.150. The van der Waals surface area contributed by atoms with E-state index in [1.807, 2.05) is 44.2 Å². The summed E-state index contributed by atoms with van der Waals surface area (Å²) in [6, 6.07) is 15.8. The van der Waals surface area contributed by atoms with E-state index in [-0.39, 0.29) is 10.8 Å². The van der Waals surface area contributed by atoms with Crippen LogP contribution >= 0.6 is 0 Å². The second kappa shape index (κ2) is 8.01. The molecule has 0 unspecified atom stereocenters. The van der Waals surface area contributed by atoms with Gasteiger partial charge in [0.1, 0.15) is 0 Å². The molecule has 0 atom stereocenters.